The van der Waals surface area contributed by atoms with Crippen molar-refractivity contribution in [1.82, 2.24) is 0 Å². The summed E-state index contributed by atoms with van der Waals surface area (Å²) in [5.74, 6) is -1.88. The molecule has 1 N–H and O–H groups in total. The van der Waals surface area contributed by atoms with Crippen molar-refractivity contribution in [2.75, 3.05) is 5.32 Å². The average molecular weight is 357 g/mol. The number of nitrogens with one attached hydrogen (secondary N) is 1. The molecule has 0 aliphatic carbocycles. The zero-order valence-electron chi connectivity index (χ0n) is 8.36. The SMILES string of the molecule is CCC(Br)C(=O)Nc1c(F)cc(F)cc1Br. The fourth-order valence-electron chi connectivity index (χ4n) is 1.05. The smallest absolute Gasteiger partial charge is 0.238 e. The number of halogens is 4. The molecule has 1 unspecified atom stereocenters. The third kappa shape index (κ3) is 3.25. The molecule has 0 radical (unpaired) electrons. The van der Waals surface area contributed by atoms with Crippen LogP contribution in [0, 0.1) is 11.6 Å². The summed E-state index contributed by atoms with van der Waals surface area (Å²) in [7, 11) is 0. The average Bonchev–Trinajstić information content (AvgIpc) is 2.21. The lowest BCUT2D eigenvalue weighted by molar-refractivity contribution is -0.115. The summed E-state index contributed by atoms with van der Waals surface area (Å²) < 4.78 is 26.3. The molecule has 2 nitrogen and oxygen atoms in total. The van der Waals surface area contributed by atoms with Crippen LogP contribution in [0.25, 0.3) is 0 Å². The Morgan fingerprint density at radius 2 is 2.12 bits per heavy atom. The van der Waals surface area contributed by atoms with Gasteiger partial charge in [0.2, 0.25) is 5.91 Å². The summed E-state index contributed by atoms with van der Waals surface area (Å²) in [6.45, 7) is 1.81. The van der Waals surface area contributed by atoms with Crippen LogP contribution in [-0.2, 0) is 4.79 Å². The maximum atomic E-state index is 13.3. The van der Waals surface area contributed by atoms with Gasteiger partial charge in [-0.1, -0.05) is 22.9 Å². The van der Waals surface area contributed by atoms with Gasteiger partial charge in [-0.2, -0.15) is 0 Å². The van der Waals surface area contributed by atoms with Crippen LogP contribution in [0.15, 0.2) is 16.6 Å². The third-order valence-corrected chi connectivity index (χ3v) is 3.59. The first-order chi connectivity index (χ1) is 7.45. The molecule has 0 saturated heterocycles. The van der Waals surface area contributed by atoms with Crippen molar-refractivity contribution in [3.63, 3.8) is 0 Å². The van der Waals surface area contributed by atoms with Crippen LogP contribution in [-0.4, -0.2) is 10.7 Å². The number of alkyl halides is 1. The van der Waals surface area contributed by atoms with Gasteiger partial charge in [-0.25, -0.2) is 8.78 Å². The van der Waals surface area contributed by atoms with Crippen LogP contribution in [0.5, 0.6) is 0 Å². The molecule has 0 spiro atoms. The van der Waals surface area contributed by atoms with Crippen molar-refractivity contribution in [3.05, 3.63) is 28.2 Å². The van der Waals surface area contributed by atoms with Gasteiger partial charge in [0.05, 0.1) is 10.5 Å². The minimum atomic E-state index is -0.809. The first kappa shape index (κ1) is 13.6. The molecule has 1 atom stereocenters. The minimum Gasteiger partial charge on any atom is -0.322 e. The molecule has 1 amide bonds. The van der Waals surface area contributed by atoms with Gasteiger partial charge < -0.3 is 5.32 Å². The maximum absolute atomic E-state index is 13.3. The molecule has 1 aromatic rings. The lowest BCUT2D eigenvalue weighted by atomic mass is 10.2. The summed E-state index contributed by atoms with van der Waals surface area (Å²) in [4.78, 5) is 11.1. The number of rotatable bonds is 3. The van der Waals surface area contributed by atoms with Crippen LogP contribution < -0.4 is 5.32 Å². The second-order valence-electron chi connectivity index (χ2n) is 3.11. The van der Waals surface area contributed by atoms with Gasteiger partial charge in [0.1, 0.15) is 5.82 Å². The van der Waals surface area contributed by atoms with Crippen LogP contribution in [0.3, 0.4) is 0 Å². The van der Waals surface area contributed by atoms with Gasteiger partial charge in [0, 0.05) is 10.5 Å². The predicted molar refractivity (Wildman–Crippen MR) is 65.7 cm³/mol. The molecule has 1 rings (SSSR count). The molecule has 88 valence electrons. The molecule has 16 heavy (non-hydrogen) atoms. The maximum Gasteiger partial charge on any atom is 0.238 e. The topological polar surface area (TPSA) is 29.1 Å². The van der Waals surface area contributed by atoms with Gasteiger partial charge in [-0.15, -0.1) is 0 Å². The van der Waals surface area contributed by atoms with Gasteiger partial charge >= 0.3 is 0 Å². The highest BCUT2D eigenvalue weighted by Gasteiger charge is 2.17. The number of anilines is 1. The second-order valence-corrected chi connectivity index (χ2v) is 5.07. The van der Waals surface area contributed by atoms with E-state index < -0.39 is 16.5 Å². The van der Waals surface area contributed by atoms with Crippen molar-refractivity contribution in [2.24, 2.45) is 0 Å². The number of carbonyl (C=O) groups is 1. The summed E-state index contributed by atoms with van der Waals surface area (Å²) in [6.07, 6.45) is 0.576. The standard InChI is InChI=1S/C10H9Br2F2NO/c1-2-6(11)10(16)15-9-7(12)3-5(13)4-8(9)14/h3-4,6H,2H2,1H3,(H,15,16). The number of benzene rings is 1. The molecule has 0 aromatic heterocycles. The first-order valence-corrected chi connectivity index (χ1v) is 6.26. The molecular weight excluding hydrogens is 348 g/mol. The fraction of sp³-hybridized carbons (Fsp3) is 0.300. The Kier molecular flexibility index (Phi) is 4.86. The van der Waals surface area contributed by atoms with Gasteiger partial charge in [0.15, 0.2) is 5.82 Å². The number of hydrogen-bond acceptors (Lipinski definition) is 1. The van der Waals surface area contributed by atoms with E-state index >= 15 is 0 Å². The van der Waals surface area contributed by atoms with Crippen molar-refractivity contribution >= 4 is 43.5 Å². The predicted octanol–water partition coefficient (Wildman–Crippen LogP) is 3.84. The Labute approximate surface area is 109 Å². The number of amides is 1. The van der Waals surface area contributed by atoms with E-state index in [0.717, 1.165) is 12.1 Å². The summed E-state index contributed by atoms with van der Waals surface area (Å²) in [6, 6.07) is 1.81. The fourth-order valence-corrected chi connectivity index (χ4v) is 1.67. The van der Waals surface area contributed by atoms with E-state index in [4.69, 9.17) is 0 Å². The number of hydrogen-bond donors (Lipinski definition) is 1. The molecule has 0 bridgehead atoms. The van der Waals surface area contributed by atoms with E-state index in [1.54, 1.807) is 0 Å². The highest BCUT2D eigenvalue weighted by atomic mass is 79.9. The third-order valence-electron chi connectivity index (χ3n) is 1.90. The Morgan fingerprint density at radius 3 is 2.62 bits per heavy atom. The summed E-state index contributed by atoms with van der Waals surface area (Å²) >= 11 is 6.13. The second kappa shape index (κ2) is 5.72. The van der Waals surface area contributed by atoms with Crippen LogP contribution >= 0.6 is 31.9 Å². The van der Waals surface area contributed by atoms with Crippen LogP contribution in [0.4, 0.5) is 14.5 Å². The quantitative estimate of drug-likeness (QED) is 0.819. The van der Waals surface area contributed by atoms with E-state index in [-0.39, 0.29) is 16.1 Å². The Bertz CT molecular complexity index is 389. The molecule has 1 aromatic carbocycles. The monoisotopic (exact) mass is 355 g/mol. The normalized spacial score (nSPS) is 12.3. The first-order valence-electron chi connectivity index (χ1n) is 4.55. The summed E-state index contributed by atoms with van der Waals surface area (Å²) in [5, 5.41) is 2.38. The van der Waals surface area contributed by atoms with Gasteiger partial charge in [0.25, 0.3) is 0 Å². The lowest BCUT2D eigenvalue weighted by Crippen LogP contribution is -2.22. The van der Waals surface area contributed by atoms with Crippen molar-refractivity contribution < 1.29 is 13.6 Å². The molecule has 0 heterocycles. The van der Waals surface area contributed by atoms with Gasteiger partial charge in [-0.05, 0) is 28.4 Å². The van der Waals surface area contributed by atoms with Gasteiger partial charge in [-0.3, -0.25) is 4.79 Å². The molecule has 0 fully saturated rings. The van der Waals surface area contributed by atoms with E-state index in [1.165, 1.54) is 0 Å². The Balaban J connectivity index is 2.93. The van der Waals surface area contributed by atoms with Crippen LogP contribution in [0.1, 0.15) is 13.3 Å². The van der Waals surface area contributed by atoms with E-state index in [1.807, 2.05) is 6.92 Å². The van der Waals surface area contributed by atoms with Crippen molar-refractivity contribution in [3.8, 4) is 0 Å². The summed E-state index contributed by atoms with van der Waals surface area (Å²) in [5.41, 5.74) is -0.0516. The van der Waals surface area contributed by atoms with E-state index in [2.05, 4.69) is 37.2 Å². The van der Waals surface area contributed by atoms with Crippen LogP contribution in [0.2, 0.25) is 0 Å². The molecule has 0 saturated carbocycles. The molecule has 0 aliphatic rings. The highest BCUT2D eigenvalue weighted by Crippen LogP contribution is 2.27. The highest BCUT2D eigenvalue weighted by molar-refractivity contribution is 9.10. The minimum absolute atomic E-state index is 0.0516. The zero-order valence-corrected chi connectivity index (χ0v) is 11.5. The van der Waals surface area contributed by atoms with E-state index in [0.29, 0.717) is 6.42 Å². The van der Waals surface area contributed by atoms with E-state index in [9.17, 15) is 13.6 Å². The molecular formula is C10H9Br2F2NO. The van der Waals surface area contributed by atoms with Crippen molar-refractivity contribution in [1.29, 1.82) is 0 Å². The molecule has 0 aliphatic heterocycles. The lowest BCUT2D eigenvalue weighted by Gasteiger charge is -2.11. The zero-order chi connectivity index (χ0) is 12.3. The largest absolute Gasteiger partial charge is 0.322 e. The molecule has 6 heteroatoms. The Morgan fingerprint density at radius 1 is 1.50 bits per heavy atom. The number of carbonyl (C=O) groups excluding carboxylic acids is 1. The van der Waals surface area contributed by atoms with Crippen molar-refractivity contribution in [2.45, 2.75) is 18.2 Å². The Hall–Kier alpha value is -0.490.